The summed E-state index contributed by atoms with van der Waals surface area (Å²) in [6, 6.07) is 12.6. The Bertz CT molecular complexity index is 700. The quantitative estimate of drug-likeness (QED) is 0.859. The van der Waals surface area contributed by atoms with E-state index in [2.05, 4.69) is 47.1 Å². The summed E-state index contributed by atoms with van der Waals surface area (Å²) in [6.45, 7) is 7.69. The summed E-state index contributed by atoms with van der Waals surface area (Å²) in [5.74, 6) is 2.61. The molecule has 0 spiro atoms. The smallest absolute Gasteiger partial charge is 0.228 e. The third-order valence-electron chi connectivity index (χ3n) is 5.05. The maximum Gasteiger partial charge on any atom is 0.228 e. The lowest BCUT2D eigenvalue weighted by molar-refractivity contribution is 0.122. The van der Waals surface area contributed by atoms with Gasteiger partial charge < -0.3 is 14.5 Å². The van der Waals surface area contributed by atoms with Crippen LogP contribution in [0.3, 0.4) is 0 Å². The molecule has 0 bridgehead atoms. The number of hydrogen-bond acceptors (Lipinski definition) is 5. The molecule has 1 unspecified atom stereocenters. The van der Waals surface area contributed by atoms with Crippen LogP contribution in [0.2, 0.25) is 0 Å². The molecule has 0 N–H and O–H groups in total. The van der Waals surface area contributed by atoms with Crippen molar-refractivity contribution in [2.45, 2.75) is 19.8 Å². The van der Waals surface area contributed by atoms with Crippen LogP contribution in [0.15, 0.2) is 36.4 Å². The first-order valence-corrected chi connectivity index (χ1v) is 9.32. The van der Waals surface area contributed by atoms with Crippen LogP contribution in [0.5, 0.6) is 0 Å². The molecule has 0 radical (unpaired) electrons. The predicted octanol–water partition coefficient (Wildman–Crippen LogP) is 3.22. The van der Waals surface area contributed by atoms with Crippen molar-refractivity contribution in [1.29, 1.82) is 0 Å². The van der Waals surface area contributed by atoms with E-state index in [4.69, 9.17) is 14.7 Å². The highest BCUT2D eigenvalue weighted by Crippen LogP contribution is 2.28. The van der Waals surface area contributed by atoms with Gasteiger partial charge in [-0.2, -0.15) is 4.98 Å². The van der Waals surface area contributed by atoms with Gasteiger partial charge in [0.05, 0.1) is 18.9 Å². The standard InChI is InChI=1S/C20H26N4O/c1-16-6-5-9-24(15-16)19-14-18(17-7-3-2-4-8-17)21-20(22-19)23-10-12-25-13-11-23/h2-4,7-8,14,16H,5-6,9-13,15H2,1H3. The van der Waals surface area contributed by atoms with Gasteiger partial charge in [-0.25, -0.2) is 4.98 Å². The Kier molecular flexibility index (Phi) is 4.83. The predicted molar refractivity (Wildman–Crippen MR) is 101 cm³/mol. The Hall–Kier alpha value is -2.14. The third-order valence-corrected chi connectivity index (χ3v) is 5.05. The third kappa shape index (κ3) is 3.76. The van der Waals surface area contributed by atoms with E-state index in [0.29, 0.717) is 0 Å². The molecule has 0 aliphatic carbocycles. The minimum Gasteiger partial charge on any atom is -0.378 e. The summed E-state index contributed by atoms with van der Waals surface area (Å²) in [4.78, 5) is 14.5. The first-order chi connectivity index (χ1) is 12.3. The largest absolute Gasteiger partial charge is 0.378 e. The van der Waals surface area contributed by atoms with Crippen molar-refractivity contribution in [2.75, 3.05) is 49.2 Å². The van der Waals surface area contributed by atoms with Gasteiger partial charge in [-0.3, -0.25) is 0 Å². The molecule has 132 valence electrons. The number of benzene rings is 1. The van der Waals surface area contributed by atoms with Gasteiger partial charge in [-0.15, -0.1) is 0 Å². The van der Waals surface area contributed by atoms with Gasteiger partial charge >= 0.3 is 0 Å². The molecule has 5 heteroatoms. The summed E-state index contributed by atoms with van der Waals surface area (Å²) >= 11 is 0. The molecule has 25 heavy (non-hydrogen) atoms. The van der Waals surface area contributed by atoms with Gasteiger partial charge in [0.1, 0.15) is 5.82 Å². The molecule has 2 aromatic rings. The number of anilines is 2. The molecule has 4 rings (SSSR count). The molecular weight excluding hydrogens is 312 g/mol. The van der Waals surface area contributed by atoms with E-state index in [1.165, 1.54) is 12.8 Å². The van der Waals surface area contributed by atoms with E-state index in [1.54, 1.807) is 0 Å². The summed E-state index contributed by atoms with van der Waals surface area (Å²) in [6.07, 6.45) is 2.54. The second kappa shape index (κ2) is 7.40. The number of aromatic nitrogens is 2. The molecule has 2 saturated heterocycles. The maximum absolute atomic E-state index is 5.49. The van der Waals surface area contributed by atoms with Gasteiger partial charge in [-0.05, 0) is 18.8 Å². The Labute approximate surface area is 149 Å². The molecule has 1 atom stereocenters. The number of piperidine rings is 1. The topological polar surface area (TPSA) is 41.5 Å². The summed E-state index contributed by atoms with van der Waals surface area (Å²) in [7, 11) is 0. The molecule has 0 amide bonds. The Balaban J connectivity index is 1.72. The summed E-state index contributed by atoms with van der Waals surface area (Å²) < 4.78 is 5.49. The van der Waals surface area contributed by atoms with Crippen molar-refractivity contribution in [2.24, 2.45) is 5.92 Å². The van der Waals surface area contributed by atoms with E-state index in [0.717, 1.165) is 68.3 Å². The van der Waals surface area contributed by atoms with Crippen molar-refractivity contribution < 1.29 is 4.74 Å². The van der Waals surface area contributed by atoms with Crippen LogP contribution >= 0.6 is 0 Å². The van der Waals surface area contributed by atoms with E-state index >= 15 is 0 Å². The van der Waals surface area contributed by atoms with E-state index in [1.807, 2.05) is 6.07 Å². The van der Waals surface area contributed by atoms with Gasteiger partial charge in [0.25, 0.3) is 0 Å². The van der Waals surface area contributed by atoms with Crippen molar-refractivity contribution >= 4 is 11.8 Å². The van der Waals surface area contributed by atoms with Crippen LogP contribution in [-0.2, 0) is 4.74 Å². The zero-order valence-electron chi connectivity index (χ0n) is 14.9. The van der Waals surface area contributed by atoms with E-state index in [9.17, 15) is 0 Å². The average Bonchev–Trinajstić information content (AvgIpc) is 2.69. The molecule has 1 aromatic carbocycles. The Morgan fingerprint density at radius 1 is 1.00 bits per heavy atom. The van der Waals surface area contributed by atoms with Crippen LogP contribution in [0.1, 0.15) is 19.8 Å². The Morgan fingerprint density at radius 2 is 1.80 bits per heavy atom. The van der Waals surface area contributed by atoms with Crippen molar-refractivity contribution in [1.82, 2.24) is 9.97 Å². The van der Waals surface area contributed by atoms with E-state index in [-0.39, 0.29) is 0 Å². The summed E-state index contributed by atoms with van der Waals surface area (Å²) in [5.41, 5.74) is 2.15. The number of rotatable bonds is 3. The monoisotopic (exact) mass is 338 g/mol. The second-order valence-corrected chi connectivity index (χ2v) is 7.07. The lowest BCUT2D eigenvalue weighted by atomic mass is 10.0. The highest BCUT2D eigenvalue weighted by Gasteiger charge is 2.21. The van der Waals surface area contributed by atoms with Crippen LogP contribution in [-0.4, -0.2) is 49.4 Å². The first-order valence-electron chi connectivity index (χ1n) is 9.32. The molecule has 2 fully saturated rings. The highest BCUT2D eigenvalue weighted by molar-refractivity contribution is 5.65. The van der Waals surface area contributed by atoms with Crippen molar-refractivity contribution in [3.63, 3.8) is 0 Å². The van der Waals surface area contributed by atoms with E-state index < -0.39 is 0 Å². The first kappa shape index (κ1) is 16.3. The Morgan fingerprint density at radius 3 is 2.56 bits per heavy atom. The van der Waals surface area contributed by atoms with Crippen molar-refractivity contribution in [3.05, 3.63) is 36.4 Å². The fourth-order valence-electron chi connectivity index (χ4n) is 3.64. The number of nitrogens with zero attached hydrogens (tertiary/aromatic N) is 4. The molecule has 0 saturated carbocycles. The fraction of sp³-hybridized carbons (Fsp3) is 0.500. The highest BCUT2D eigenvalue weighted by atomic mass is 16.5. The molecule has 1 aromatic heterocycles. The summed E-state index contributed by atoms with van der Waals surface area (Å²) in [5, 5.41) is 0. The van der Waals surface area contributed by atoms with Crippen LogP contribution in [0, 0.1) is 5.92 Å². The lowest BCUT2D eigenvalue weighted by Crippen LogP contribution is -2.38. The van der Waals surface area contributed by atoms with Crippen LogP contribution in [0.4, 0.5) is 11.8 Å². The molecule has 2 aliphatic rings. The zero-order valence-corrected chi connectivity index (χ0v) is 14.9. The van der Waals surface area contributed by atoms with Gasteiger partial charge in [0.15, 0.2) is 0 Å². The fourth-order valence-corrected chi connectivity index (χ4v) is 3.64. The number of hydrogen-bond donors (Lipinski definition) is 0. The number of morpholine rings is 1. The molecule has 2 aliphatic heterocycles. The molecular formula is C20H26N4O. The van der Waals surface area contributed by atoms with Gasteiger partial charge in [0.2, 0.25) is 5.95 Å². The SMILES string of the molecule is CC1CCCN(c2cc(-c3ccccc3)nc(N3CCOCC3)n2)C1. The van der Waals surface area contributed by atoms with Crippen LogP contribution < -0.4 is 9.80 Å². The van der Waals surface area contributed by atoms with Crippen LogP contribution in [0.25, 0.3) is 11.3 Å². The van der Waals surface area contributed by atoms with Gasteiger partial charge in [0, 0.05) is 37.8 Å². The minimum absolute atomic E-state index is 0.718. The minimum atomic E-state index is 0.718. The molecule has 3 heterocycles. The maximum atomic E-state index is 5.49. The molecule has 5 nitrogen and oxygen atoms in total. The van der Waals surface area contributed by atoms with Gasteiger partial charge in [-0.1, -0.05) is 37.3 Å². The average molecular weight is 338 g/mol. The zero-order chi connectivity index (χ0) is 17.1. The van der Waals surface area contributed by atoms with Crippen molar-refractivity contribution in [3.8, 4) is 11.3 Å². The lowest BCUT2D eigenvalue weighted by Gasteiger charge is -2.33. The second-order valence-electron chi connectivity index (χ2n) is 7.07. The number of ether oxygens (including phenoxy) is 1. The normalized spacial score (nSPS) is 21.4.